The number of amides is 1. The molecule has 0 aliphatic heterocycles. The first-order valence-corrected chi connectivity index (χ1v) is 9.91. The molecule has 1 aromatic heterocycles. The first-order chi connectivity index (χ1) is 12.3. The normalized spacial score (nSPS) is 11.3. The number of hydrogen-bond donors (Lipinski definition) is 1. The molecule has 3 rings (SSSR count). The van der Waals surface area contributed by atoms with Gasteiger partial charge in [-0.3, -0.25) is 4.79 Å². The van der Waals surface area contributed by atoms with Crippen LogP contribution in [-0.4, -0.2) is 30.4 Å². The number of hydrogen-bond acceptors (Lipinski definition) is 4. The highest BCUT2D eigenvalue weighted by atomic mass is 32.2. The standard InChI is InChI=1S/C19H19N3O3S/c1-14-8-9-17(26(2,24)25)11-18(14)21-19(23)10-15-12-20-22(13-15)16-6-4-3-5-7-16/h3-9,11-13H,10H2,1-2H3,(H,21,23). The predicted molar refractivity (Wildman–Crippen MR) is 100 cm³/mol. The molecule has 1 N–H and O–H groups in total. The zero-order valence-corrected chi connectivity index (χ0v) is 15.3. The van der Waals surface area contributed by atoms with E-state index in [2.05, 4.69) is 10.4 Å². The maximum absolute atomic E-state index is 12.3. The molecular formula is C19H19N3O3S. The summed E-state index contributed by atoms with van der Waals surface area (Å²) < 4.78 is 25.1. The summed E-state index contributed by atoms with van der Waals surface area (Å²) in [6, 6.07) is 14.3. The van der Waals surface area contributed by atoms with Gasteiger partial charge >= 0.3 is 0 Å². The molecule has 7 heteroatoms. The van der Waals surface area contributed by atoms with E-state index in [1.165, 1.54) is 12.1 Å². The largest absolute Gasteiger partial charge is 0.326 e. The third kappa shape index (κ3) is 4.18. The lowest BCUT2D eigenvalue weighted by Crippen LogP contribution is -2.15. The van der Waals surface area contributed by atoms with E-state index >= 15 is 0 Å². The second-order valence-corrected chi connectivity index (χ2v) is 8.12. The van der Waals surface area contributed by atoms with Crippen LogP contribution in [0.25, 0.3) is 5.69 Å². The highest BCUT2D eigenvalue weighted by molar-refractivity contribution is 7.90. The van der Waals surface area contributed by atoms with Gasteiger partial charge in [-0.1, -0.05) is 24.3 Å². The van der Waals surface area contributed by atoms with Crippen molar-refractivity contribution >= 4 is 21.4 Å². The smallest absolute Gasteiger partial charge is 0.228 e. The molecule has 26 heavy (non-hydrogen) atoms. The molecular weight excluding hydrogens is 350 g/mol. The van der Waals surface area contributed by atoms with Crippen molar-refractivity contribution in [3.63, 3.8) is 0 Å². The molecule has 1 amide bonds. The molecule has 1 heterocycles. The van der Waals surface area contributed by atoms with Gasteiger partial charge in [-0.15, -0.1) is 0 Å². The Labute approximate surface area is 152 Å². The third-order valence-electron chi connectivity index (χ3n) is 3.93. The molecule has 0 spiro atoms. The Bertz CT molecular complexity index is 1040. The number of aryl methyl sites for hydroxylation is 1. The minimum atomic E-state index is -3.33. The number of aromatic nitrogens is 2. The Morgan fingerprint density at radius 1 is 1.15 bits per heavy atom. The minimum absolute atomic E-state index is 0.148. The van der Waals surface area contributed by atoms with Gasteiger partial charge < -0.3 is 5.32 Å². The van der Waals surface area contributed by atoms with Crippen LogP contribution in [0.5, 0.6) is 0 Å². The number of sulfone groups is 1. The molecule has 0 fully saturated rings. The molecule has 0 saturated carbocycles. The van der Waals surface area contributed by atoms with Crippen LogP contribution in [0.1, 0.15) is 11.1 Å². The number of rotatable bonds is 5. The fourth-order valence-electron chi connectivity index (χ4n) is 2.52. The van der Waals surface area contributed by atoms with Gasteiger partial charge in [-0.05, 0) is 42.3 Å². The van der Waals surface area contributed by atoms with Crippen LogP contribution in [0.3, 0.4) is 0 Å². The van der Waals surface area contributed by atoms with Crippen molar-refractivity contribution in [2.75, 3.05) is 11.6 Å². The lowest BCUT2D eigenvalue weighted by atomic mass is 10.2. The topological polar surface area (TPSA) is 81.1 Å². The lowest BCUT2D eigenvalue weighted by molar-refractivity contribution is -0.115. The van der Waals surface area contributed by atoms with E-state index < -0.39 is 9.84 Å². The highest BCUT2D eigenvalue weighted by Gasteiger charge is 2.12. The van der Waals surface area contributed by atoms with Crippen LogP contribution in [0.4, 0.5) is 5.69 Å². The molecule has 134 valence electrons. The number of carbonyl (C=O) groups excluding carboxylic acids is 1. The van der Waals surface area contributed by atoms with Crippen LogP contribution < -0.4 is 5.32 Å². The van der Waals surface area contributed by atoms with E-state index in [4.69, 9.17) is 0 Å². The molecule has 0 radical (unpaired) electrons. The van der Waals surface area contributed by atoms with E-state index in [-0.39, 0.29) is 17.2 Å². The highest BCUT2D eigenvalue weighted by Crippen LogP contribution is 2.20. The van der Waals surface area contributed by atoms with Crippen LogP contribution in [0, 0.1) is 6.92 Å². The summed E-state index contributed by atoms with van der Waals surface area (Å²) in [5, 5.41) is 7.05. The number of benzene rings is 2. The monoisotopic (exact) mass is 369 g/mol. The summed E-state index contributed by atoms with van der Waals surface area (Å²) in [5.74, 6) is -0.230. The van der Waals surface area contributed by atoms with Gasteiger partial charge in [0.1, 0.15) is 0 Å². The molecule has 0 aliphatic carbocycles. The van der Waals surface area contributed by atoms with Gasteiger partial charge in [0.05, 0.1) is 23.2 Å². The number of nitrogens with zero attached hydrogens (tertiary/aromatic N) is 2. The van der Waals surface area contributed by atoms with Crippen molar-refractivity contribution in [1.82, 2.24) is 9.78 Å². The van der Waals surface area contributed by atoms with E-state index in [9.17, 15) is 13.2 Å². The predicted octanol–water partition coefficient (Wildman–Crippen LogP) is 2.77. The third-order valence-corrected chi connectivity index (χ3v) is 5.04. The van der Waals surface area contributed by atoms with Crippen molar-refractivity contribution in [3.8, 4) is 5.69 Å². The zero-order valence-electron chi connectivity index (χ0n) is 14.5. The fraction of sp³-hybridized carbons (Fsp3) is 0.158. The first kappa shape index (κ1) is 17.9. The van der Waals surface area contributed by atoms with Crippen LogP contribution in [-0.2, 0) is 21.1 Å². The first-order valence-electron chi connectivity index (χ1n) is 8.02. The summed E-state index contributed by atoms with van der Waals surface area (Å²) in [4.78, 5) is 12.5. The van der Waals surface area contributed by atoms with E-state index in [0.717, 1.165) is 23.1 Å². The Balaban J connectivity index is 1.73. The van der Waals surface area contributed by atoms with Gasteiger partial charge in [-0.2, -0.15) is 5.10 Å². The summed E-state index contributed by atoms with van der Waals surface area (Å²) >= 11 is 0. The van der Waals surface area contributed by atoms with Crippen molar-refractivity contribution in [3.05, 3.63) is 72.1 Å². The van der Waals surface area contributed by atoms with Crippen molar-refractivity contribution in [2.45, 2.75) is 18.2 Å². The average molecular weight is 369 g/mol. The molecule has 0 unspecified atom stereocenters. The fourth-order valence-corrected chi connectivity index (χ4v) is 3.17. The lowest BCUT2D eigenvalue weighted by Gasteiger charge is -2.09. The summed E-state index contributed by atoms with van der Waals surface area (Å²) in [7, 11) is -3.33. The van der Waals surface area contributed by atoms with Gasteiger partial charge in [0.25, 0.3) is 0 Å². The van der Waals surface area contributed by atoms with Crippen LogP contribution in [0.2, 0.25) is 0 Å². The van der Waals surface area contributed by atoms with E-state index in [1.54, 1.807) is 23.1 Å². The summed E-state index contributed by atoms with van der Waals surface area (Å²) in [5.41, 5.74) is 2.97. The van der Waals surface area contributed by atoms with Gasteiger partial charge in [0.15, 0.2) is 9.84 Å². The second kappa shape index (κ2) is 7.13. The van der Waals surface area contributed by atoms with Gasteiger partial charge in [0, 0.05) is 18.1 Å². The Hall–Kier alpha value is -2.93. The Morgan fingerprint density at radius 3 is 2.58 bits per heavy atom. The van der Waals surface area contributed by atoms with E-state index in [0.29, 0.717) is 5.69 Å². The van der Waals surface area contributed by atoms with Crippen molar-refractivity contribution in [2.24, 2.45) is 0 Å². The Morgan fingerprint density at radius 2 is 1.88 bits per heavy atom. The molecule has 0 atom stereocenters. The molecule has 0 saturated heterocycles. The summed E-state index contributed by atoms with van der Waals surface area (Å²) in [6.07, 6.45) is 4.73. The molecule has 0 aliphatic rings. The van der Waals surface area contributed by atoms with Crippen LogP contribution in [0.15, 0.2) is 65.8 Å². The van der Waals surface area contributed by atoms with Gasteiger partial charge in [0.2, 0.25) is 5.91 Å². The number of para-hydroxylation sites is 1. The van der Waals surface area contributed by atoms with Crippen molar-refractivity contribution < 1.29 is 13.2 Å². The zero-order chi connectivity index (χ0) is 18.7. The molecule has 2 aromatic carbocycles. The minimum Gasteiger partial charge on any atom is -0.326 e. The Kier molecular flexibility index (Phi) is 4.90. The van der Waals surface area contributed by atoms with Gasteiger partial charge in [-0.25, -0.2) is 13.1 Å². The van der Waals surface area contributed by atoms with Crippen LogP contribution >= 0.6 is 0 Å². The second-order valence-electron chi connectivity index (χ2n) is 6.10. The average Bonchev–Trinajstić information content (AvgIpc) is 3.05. The maximum atomic E-state index is 12.3. The summed E-state index contributed by atoms with van der Waals surface area (Å²) in [6.45, 7) is 1.81. The SMILES string of the molecule is Cc1ccc(S(C)(=O)=O)cc1NC(=O)Cc1cnn(-c2ccccc2)c1. The van der Waals surface area contributed by atoms with E-state index in [1.807, 2.05) is 37.3 Å². The molecule has 3 aromatic rings. The molecule has 6 nitrogen and oxygen atoms in total. The van der Waals surface area contributed by atoms with Crippen molar-refractivity contribution in [1.29, 1.82) is 0 Å². The number of carbonyl (C=O) groups is 1. The maximum Gasteiger partial charge on any atom is 0.228 e. The number of anilines is 1. The quantitative estimate of drug-likeness (QED) is 0.750. The molecule has 0 bridgehead atoms. The number of nitrogens with one attached hydrogen (secondary N) is 1.